The summed E-state index contributed by atoms with van der Waals surface area (Å²) in [4.78, 5) is 26.2. The van der Waals surface area contributed by atoms with Crippen LogP contribution in [0.2, 0.25) is 5.02 Å². The fourth-order valence-corrected chi connectivity index (χ4v) is 4.81. The quantitative estimate of drug-likeness (QED) is 0.472. The van der Waals surface area contributed by atoms with Crippen molar-refractivity contribution in [1.82, 2.24) is 5.32 Å². The van der Waals surface area contributed by atoms with Crippen molar-refractivity contribution in [1.29, 1.82) is 0 Å². The van der Waals surface area contributed by atoms with Crippen LogP contribution in [0.25, 0.3) is 0 Å². The van der Waals surface area contributed by atoms with Gasteiger partial charge in [-0.1, -0.05) is 41.9 Å². The maximum Gasteiger partial charge on any atom is 0.252 e. The molecule has 0 spiro atoms. The van der Waals surface area contributed by atoms with Crippen LogP contribution in [0.1, 0.15) is 69.9 Å². The lowest BCUT2D eigenvalue weighted by Crippen LogP contribution is -2.31. The highest BCUT2D eigenvalue weighted by atomic mass is 35.5. The Hall–Kier alpha value is -2.86. The molecular formula is C27H30ClFN2O3. The highest BCUT2D eigenvalue weighted by molar-refractivity contribution is 6.32. The fraction of sp³-hybridized carbons (Fsp3) is 0.407. The molecule has 0 saturated heterocycles. The summed E-state index contributed by atoms with van der Waals surface area (Å²) in [6.07, 6.45) is 6.70. The third-order valence-electron chi connectivity index (χ3n) is 6.53. The molecule has 1 atom stereocenters. The Kier molecular flexibility index (Phi) is 7.88. The maximum absolute atomic E-state index is 14.6. The van der Waals surface area contributed by atoms with Crippen LogP contribution >= 0.6 is 11.6 Å². The topological polar surface area (TPSA) is 67.4 Å². The zero-order valence-corrected chi connectivity index (χ0v) is 20.1. The summed E-state index contributed by atoms with van der Waals surface area (Å²) in [5.41, 5.74) is 1.84. The average Bonchev–Trinajstić information content (AvgIpc) is 3.35. The molecule has 2 N–H and O–H groups in total. The van der Waals surface area contributed by atoms with Crippen LogP contribution < -0.4 is 15.4 Å². The van der Waals surface area contributed by atoms with Gasteiger partial charge in [0.15, 0.2) is 0 Å². The molecule has 1 unspecified atom stereocenters. The monoisotopic (exact) mass is 484 g/mol. The van der Waals surface area contributed by atoms with Gasteiger partial charge in [-0.25, -0.2) is 4.39 Å². The van der Waals surface area contributed by atoms with Gasteiger partial charge in [-0.15, -0.1) is 0 Å². The van der Waals surface area contributed by atoms with Crippen LogP contribution in [0.5, 0.6) is 5.75 Å². The van der Waals surface area contributed by atoms with E-state index >= 15 is 0 Å². The van der Waals surface area contributed by atoms with Crippen LogP contribution in [0.4, 0.5) is 10.1 Å². The van der Waals surface area contributed by atoms with Crippen LogP contribution in [0, 0.1) is 5.82 Å². The second kappa shape index (κ2) is 11.0. The lowest BCUT2D eigenvalue weighted by atomic mass is 9.90. The molecule has 5 nitrogen and oxygen atoms in total. The lowest BCUT2D eigenvalue weighted by molar-refractivity contribution is -0.119. The predicted octanol–water partition coefficient (Wildman–Crippen LogP) is 6.49. The Labute approximate surface area is 204 Å². The zero-order chi connectivity index (χ0) is 24.1. The molecule has 2 aromatic rings. The van der Waals surface area contributed by atoms with Gasteiger partial charge in [-0.2, -0.15) is 0 Å². The van der Waals surface area contributed by atoms with Crippen LogP contribution in [-0.4, -0.2) is 17.9 Å². The number of hydrogen-bond donors (Lipinski definition) is 2. The first-order valence-corrected chi connectivity index (χ1v) is 12.3. The van der Waals surface area contributed by atoms with Gasteiger partial charge in [0, 0.05) is 17.2 Å². The van der Waals surface area contributed by atoms with Crippen molar-refractivity contribution >= 4 is 29.1 Å². The first-order valence-electron chi connectivity index (χ1n) is 12.0. The molecule has 0 aliphatic heterocycles. The Bertz CT molecular complexity index is 1080. The number of amides is 2. The number of carbonyl (C=O) groups is 2. The lowest BCUT2D eigenvalue weighted by Gasteiger charge is -2.22. The summed E-state index contributed by atoms with van der Waals surface area (Å²) >= 11 is 6.19. The van der Waals surface area contributed by atoms with Gasteiger partial charge in [0.1, 0.15) is 11.6 Å². The van der Waals surface area contributed by atoms with E-state index in [1.807, 2.05) is 37.3 Å². The van der Waals surface area contributed by atoms with Crippen LogP contribution in [0.15, 0.2) is 53.6 Å². The number of carbonyl (C=O) groups excluding carboxylic acids is 2. The van der Waals surface area contributed by atoms with Gasteiger partial charge in [0.2, 0.25) is 5.91 Å². The average molecular weight is 485 g/mol. The van der Waals surface area contributed by atoms with Crippen molar-refractivity contribution < 1.29 is 18.7 Å². The smallest absolute Gasteiger partial charge is 0.252 e. The van der Waals surface area contributed by atoms with E-state index in [2.05, 4.69) is 10.6 Å². The molecule has 4 rings (SSSR count). The predicted molar refractivity (Wildman–Crippen MR) is 131 cm³/mol. The van der Waals surface area contributed by atoms with Crippen molar-refractivity contribution in [2.75, 3.05) is 5.32 Å². The number of rotatable bonds is 7. The highest BCUT2D eigenvalue weighted by Crippen LogP contribution is 2.35. The number of nitrogens with one attached hydrogen (secondary N) is 2. The van der Waals surface area contributed by atoms with Crippen LogP contribution in [0.3, 0.4) is 0 Å². The number of ether oxygens (including phenoxy) is 1. The molecule has 0 heterocycles. The second-order valence-corrected chi connectivity index (χ2v) is 9.42. The van der Waals surface area contributed by atoms with Crippen molar-refractivity contribution in [2.24, 2.45) is 0 Å². The molecule has 34 heavy (non-hydrogen) atoms. The number of benzene rings is 2. The maximum atomic E-state index is 14.6. The first kappa shape index (κ1) is 24.3. The van der Waals surface area contributed by atoms with E-state index in [9.17, 15) is 14.0 Å². The third kappa shape index (κ3) is 5.79. The number of hydrogen-bond acceptors (Lipinski definition) is 3. The van der Waals surface area contributed by atoms with E-state index in [1.165, 1.54) is 6.07 Å². The third-order valence-corrected chi connectivity index (χ3v) is 6.82. The van der Waals surface area contributed by atoms with E-state index in [0.717, 1.165) is 50.2 Å². The summed E-state index contributed by atoms with van der Waals surface area (Å²) < 4.78 is 20.6. The molecule has 7 heteroatoms. The molecule has 2 aliphatic rings. The minimum absolute atomic E-state index is 0.00196. The van der Waals surface area contributed by atoms with Crippen molar-refractivity contribution in [3.8, 4) is 5.75 Å². The molecule has 1 fully saturated rings. The number of anilines is 1. The van der Waals surface area contributed by atoms with E-state index in [1.54, 1.807) is 0 Å². The van der Waals surface area contributed by atoms with E-state index in [-0.39, 0.29) is 28.8 Å². The first-order chi connectivity index (χ1) is 16.4. The minimum Gasteiger partial charge on any atom is -0.489 e. The fourth-order valence-electron chi connectivity index (χ4n) is 4.61. The molecule has 0 aromatic heterocycles. The summed E-state index contributed by atoms with van der Waals surface area (Å²) in [6.45, 7) is 1.91. The van der Waals surface area contributed by atoms with Gasteiger partial charge in [0.05, 0.1) is 22.9 Å². The zero-order valence-electron chi connectivity index (χ0n) is 19.3. The molecule has 0 radical (unpaired) electrons. The number of halogens is 2. The normalized spacial score (nSPS) is 17.4. The Morgan fingerprint density at radius 2 is 1.65 bits per heavy atom. The Balaban J connectivity index is 1.51. The molecular weight excluding hydrogens is 455 g/mol. The Morgan fingerprint density at radius 3 is 2.32 bits per heavy atom. The summed E-state index contributed by atoms with van der Waals surface area (Å²) in [5, 5.41) is 5.82. The molecule has 1 saturated carbocycles. The molecule has 2 amide bonds. The van der Waals surface area contributed by atoms with Gasteiger partial charge in [-0.3, -0.25) is 9.59 Å². The van der Waals surface area contributed by atoms with Gasteiger partial charge >= 0.3 is 0 Å². The SMILES string of the molecule is CC(NC(=O)C1=C(C(=O)Nc2cc(OC3CCCC3)c(Cl)cc2F)CCCC1)c1ccccc1. The standard InChI is InChI=1S/C27H30ClFN2O3/c1-17(18-9-3-2-4-10-18)30-26(32)20-13-7-8-14-21(20)27(33)31-24-16-25(22(28)15-23(24)29)34-19-11-5-6-12-19/h2-4,9-10,15-17,19H,5-8,11-14H2,1H3,(H,30,32)(H,31,33). The van der Waals surface area contributed by atoms with Gasteiger partial charge < -0.3 is 15.4 Å². The summed E-state index contributed by atoms with van der Waals surface area (Å²) in [6, 6.07) is 12.1. The minimum atomic E-state index is -0.641. The molecule has 2 aliphatic carbocycles. The molecule has 2 aromatic carbocycles. The van der Waals surface area contributed by atoms with E-state index in [0.29, 0.717) is 29.7 Å². The Morgan fingerprint density at radius 1 is 1.00 bits per heavy atom. The summed E-state index contributed by atoms with van der Waals surface area (Å²) in [5.74, 6) is -1.01. The van der Waals surface area contributed by atoms with Crippen LogP contribution in [-0.2, 0) is 9.59 Å². The molecule has 0 bridgehead atoms. The van der Waals surface area contributed by atoms with Crippen molar-refractivity contribution in [2.45, 2.75) is 70.4 Å². The highest BCUT2D eigenvalue weighted by Gasteiger charge is 2.26. The van der Waals surface area contributed by atoms with Gasteiger partial charge in [0.25, 0.3) is 5.91 Å². The summed E-state index contributed by atoms with van der Waals surface area (Å²) in [7, 11) is 0. The van der Waals surface area contributed by atoms with Gasteiger partial charge in [-0.05, 0) is 69.9 Å². The second-order valence-electron chi connectivity index (χ2n) is 9.01. The van der Waals surface area contributed by atoms with E-state index in [4.69, 9.17) is 16.3 Å². The van der Waals surface area contributed by atoms with Crippen molar-refractivity contribution in [3.05, 3.63) is 70.0 Å². The van der Waals surface area contributed by atoms with Crippen molar-refractivity contribution in [3.63, 3.8) is 0 Å². The largest absolute Gasteiger partial charge is 0.489 e. The molecule has 180 valence electrons. The van der Waals surface area contributed by atoms with E-state index < -0.39 is 11.7 Å².